The smallest absolute Gasteiger partial charge is 0.407 e. The Kier molecular flexibility index (Phi) is 4.77. The molecule has 7 nitrogen and oxygen atoms in total. The van der Waals surface area contributed by atoms with Crippen LogP contribution in [0.15, 0.2) is 30.6 Å². The van der Waals surface area contributed by atoms with Gasteiger partial charge in [0.15, 0.2) is 0 Å². The molecule has 0 unspecified atom stereocenters. The first-order chi connectivity index (χ1) is 11.5. The number of ether oxygens (including phenoxy) is 1. The number of carboxylic acid groups (broad SMARTS) is 1. The molecule has 9 heteroatoms. The molecule has 2 N–H and O–H groups in total. The van der Waals surface area contributed by atoms with Crippen molar-refractivity contribution in [1.29, 1.82) is 0 Å². The third-order valence-electron chi connectivity index (χ3n) is 3.57. The molecule has 0 saturated carbocycles. The number of halogens is 2. The summed E-state index contributed by atoms with van der Waals surface area (Å²) >= 11 is 5.70. The zero-order chi connectivity index (χ0) is 17.1. The van der Waals surface area contributed by atoms with E-state index in [4.69, 9.17) is 21.4 Å². The normalized spacial score (nSPS) is 17.6. The van der Waals surface area contributed by atoms with Gasteiger partial charge in [-0.15, -0.1) is 0 Å². The topological polar surface area (TPSA) is 87.6 Å². The van der Waals surface area contributed by atoms with Gasteiger partial charge in [0.05, 0.1) is 36.3 Å². The predicted octanol–water partition coefficient (Wildman–Crippen LogP) is 3.06. The first-order valence-corrected chi connectivity index (χ1v) is 7.54. The molecule has 2 heterocycles. The second-order valence-electron chi connectivity index (χ2n) is 5.18. The fourth-order valence-electron chi connectivity index (χ4n) is 2.35. The Labute approximate surface area is 142 Å². The highest BCUT2D eigenvalue weighted by atomic mass is 35.5. The van der Waals surface area contributed by atoms with Crippen molar-refractivity contribution >= 4 is 29.3 Å². The second-order valence-corrected chi connectivity index (χ2v) is 5.61. The zero-order valence-electron chi connectivity index (χ0n) is 12.4. The monoisotopic (exact) mass is 352 g/mol. The zero-order valence-corrected chi connectivity index (χ0v) is 13.2. The van der Waals surface area contributed by atoms with Gasteiger partial charge in [-0.2, -0.15) is 0 Å². The summed E-state index contributed by atoms with van der Waals surface area (Å²) in [4.78, 5) is 20.2. The van der Waals surface area contributed by atoms with Gasteiger partial charge in [-0.05, 0) is 17.7 Å². The minimum atomic E-state index is -1.01. The van der Waals surface area contributed by atoms with Gasteiger partial charge in [0.1, 0.15) is 11.9 Å². The fourth-order valence-corrected chi connectivity index (χ4v) is 2.45. The maximum absolute atomic E-state index is 14.3. The van der Waals surface area contributed by atoms with Crippen LogP contribution in [0.3, 0.4) is 0 Å². The third-order valence-corrected chi connectivity index (χ3v) is 3.76. The van der Waals surface area contributed by atoms with Gasteiger partial charge in [0.2, 0.25) is 5.95 Å². The van der Waals surface area contributed by atoms with Crippen molar-refractivity contribution in [1.82, 2.24) is 14.9 Å². The SMILES string of the molecule is O=C(O)N1CCO[C@@H](c2ccc(Nc3ncc(Cl)cn3)c(F)c2)C1. The Morgan fingerprint density at radius 2 is 2.17 bits per heavy atom. The van der Waals surface area contributed by atoms with Crippen molar-refractivity contribution in [2.24, 2.45) is 0 Å². The van der Waals surface area contributed by atoms with Crippen LogP contribution in [0.4, 0.5) is 20.8 Å². The number of hydrogen-bond acceptors (Lipinski definition) is 5. The van der Waals surface area contributed by atoms with E-state index in [2.05, 4.69) is 15.3 Å². The molecular weight excluding hydrogens is 339 g/mol. The van der Waals surface area contributed by atoms with Crippen LogP contribution in [0.1, 0.15) is 11.7 Å². The molecule has 24 heavy (non-hydrogen) atoms. The first kappa shape index (κ1) is 16.4. The van der Waals surface area contributed by atoms with Crippen molar-refractivity contribution in [3.8, 4) is 0 Å². The molecule has 1 aromatic heterocycles. The Balaban J connectivity index is 1.74. The molecule has 1 aromatic carbocycles. The number of amides is 1. The Hall–Kier alpha value is -2.45. The van der Waals surface area contributed by atoms with Gasteiger partial charge >= 0.3 is 6.09 Å². The molecule has 1 saturated heterocycles. The number of anilines is 2. The maximum Gasteiger partial charge on any atom is 0.407 e. The summed E-state index contributed by atoms with van der Waals surface area (Å²) in [7, 11) is 0. The van der Waals surface area contributed by atoms with E-state index in [1.807, 2.05) is 0 Å². The molecule has 0 radical (unpaired) electrons. The number of benzene rings is 1. The number of nitrogens with zero attached hydrogens (tertiary/aromatic N) is 3. The minimum absolute atomic E-state index is 0.168. The van der Waals surface area contributed by atoms with Gasteiger partial charge in [-0.1, -0.05) is 17.7 Å². The quantitative estimate of drug-likeness (QED) is 0.882. The highest BCUT2D eigenvalue weighted by Gasteiger charge is 2.25. The average molecular weight is 353 g/mol. The van der Waals surface area contributed by atoms with Crippen molar-refractivity contribution in [2.75, 3.05) is 25.0 Å². The molecule has 1 fully saturated rings. The number of rotatable bonds is 3. The van der Waals surface area contributed by atoms with Crippen molar-refractivity contribution < 1.29 is 19.0 Å². The molecular formula is C15H14ClFN4O3. The lowest BCUT2D eigenvalue weighted by atomic mass is 10.1. The van der Waals surface area contributed by atoms with Crippen LogP contribution in [0, 0.1) is 5.82 Å². The van der Waals surface area contributed by atoms with E-state index in [-0.39, 0.29) is 24.8 Å². The van der Waals surface area contributed by atoms with Gasteiger partial charge in [0, 0.05) is 6.54 Å². The van der Waals surface area contributed by atoms with Crippen LogP contribution in [0.5, 0.6) is 0 Å². The Bertz CT molecular complexity index is 744. The minimum Gasteiger partial charge on any atom is -0.465 e. The lowest BCUT2D eigenvalue weighted by Crippen LogP contribution is -2.41. The summed E-state index contributed by atoms with van der Waals surface area (Å²) in [6.07, 6.45) is 1.30. The molecule has 1 amide bonds. The van der Waals surface area contributed by atoms with Crippen LogP contribution >= 0.6 is 11.6 Å². The maximum atomic E-state index is 14.3. The van der Waals surface area contributed by atoms with Crippen molar-refractivity contribution in [2.45, 2.75) is 6.10 Å². The lowest BCUT2D eigenvalue weighted by molar-refractivity contribution is -0.0233. The summed E-state index contributed by atoms with van der Waals surface area (Å²) in [5.41, 5.74) is 0.771. The van der Waals surface area contributed by atoms with E-state index < -0.39 is 18.0 Å². The van der Waals surface area contributed by atoms with Crippen LogP contribution in [0.25, 0.3) is 0 Å². The molecule has 2 aromatic rings. The molecule has 1 aliphatic heterocycles. The fraction of sp³-hybridized carbons (Fsp3) is 0.267. The first-order valence-electron chi connectivity index (χ1n) is 7.16. The van der Waals surface area contributed by atoms with E-state index in [0.29, 0.717) is 17.1 Å². The number of hydrogen-bond donors (Lipinski definition) is 2. The van der Waals surface area contributed by atoms with Crippen molar-refractivity contribution in [3.05, 3.63) is 47.0 Å². The van der Waals surface area contributed by atoms with Gasteiger partial charge < -0.3 is 20.1 Å². The number of nitrogens with one attached hydrogen (secondary N) is 1. The Morgan fingerprint density at radius 3 is 2.83 bits per heavy atom. The van der Waals surface area contributed by atoms with E-state index in [1.165, 1.54) is 29.4 Å². The highest BCUT2D eigenvalue weighted by Crippen LogP contribution is 2.26. The van der Waals surface area contributed by atoms with Crippen LogP contribution < -0.4 is 5.32 Å². The highest BCUT2D eigenvalue weighted by molar-refractivity contribution is 6.30. The van der Waals surface area contributed by atoms with Crippen molar-refractivity contribution in [3.63, 3.8) is 0 Å². The largest absolute Gasteiger partial charge is 0.465 e. The van der Waals surface area contributed by atoms with E-state index >= 15 is 0 Å². The number of carbonyl (C=O) groups is 1. The molecule has 0 bridgehead atoms. The van der Waals surface area contributed by atoms with Gasteiger partial charge in [-0.3, -0.25) is 0 Å². The van der Waals surface area contributed by atoms with Gasteiger partial charge in [0.25, 0.3) is 0 Å². The summed E-state index contributed by atoms with van der Waals surface area (Å²) in [5.74, 6) is -0.292. The summed E-state index contributed by atoms with van der Waals surface area (Å²) in [6, 6.07) is 4.53. The van der Waals surface area contributed by atoms with E-state index in [9.17, 15) is 9.18 Å². The van der Waals surface area contributed by atoms with Crippen LogP contribution in [0.2, 0.25) is 5.02 Å². The third kappa shape index (κ3) is 3.72. The molecule has 0 spiro atoms. The van der Waals surface area contributed by atoms with E-state index in [0.717, 1.165) is 0 Å². The number of aromatic nitrogens is 2. The second kappa shape index (κ2) is 6.98. The van der Waals surface area contributed by atoms with E-state index in [1.54, 1.807) is 6.07 Å². The lowest BCUT2D eigenvalue weighted by Gasteiger charge is -2.31. The Morgan fingerprint density at radius 1 is 1.42 bits per heavy atom. The molecule has 1 aliphatic rings. The number of morpholine rings is 1. The molecule has 3 rings (SSSR count). The summed E-state index contributed by atoms with van der Waals surface area (Å²) < 4.78 is 19.8. The summed E-state index contributed by atoms with van der Waals surface area (Å²) in [6.45, 7) is 0.751. The average Bonchev–Trinajstić information content (AvgIpc) is 2.58. The summed E-state index contributed by atoms with van der Waals surface area (Å²) in [5, 5.41) is 12.2. The van der Waals surface area contributed by atoms with Gasteiger partial charge in [-0.25, -0.2) is 19.2 Å². The van der Waals surface area contributed by atoms with Crippen LogP contribution in [-0.2, 0) is 4.74 Å². The predicted molar refractivity (Wildman–Crippen MR) is 85.0 cm³/mol. The van der Waals surface area contributed by atoms with Crippen LogP contribution in [-0.4, -0.2) is 45.8 Å². The molecule has 1 atom stereocenters. The molecule has 0 aliphatic carbocycles. The molecule has 126 valence electrons. The standard InChI is InChI=1S/C15H14ClFN4O3/c16-10-6-18-14(19-7-10)20-12-2-1-9(5-11(12)17)13-8-21(15(22)23)3-4-24-13/h1-2,5-7,13H,3-4,8H2,(H,22,23)(H,18,19,20)/t13-/m1/s1.